The number of amides is 4. The van der Waals surface area contributed by atoms with Crippen molar-refractivity contribution in [3.63, 3.8) is 0 Å². The molecule has 0 radical (unpaired) electrons. The maximum Gasteiger partial charge on any atom is 0.416 e. The van der Waals surface area contributed by atoms with Gasteiger partial charge in [0.15, 0.2) is 0 Å². The van der Waals surface area contributed by atoms with Crippen LogP contribution < -0.4 is 21.3 Å². The zero-order valence-corrected chi connectivity index (χ0v) is 19.2. The minimum atomic E-state index is -4.57. The molecule has 6 nitrogen and oxygen atoms in total. The SMILES string of the molecule is O=C(Nc1cccc(C(F)(F)F)c1)Nc1cccc2c(NC(=O)Nc3cccc(C(F)(F)F)c3)cccc12. The third-order valence-corrected chi connectivity index (χ3v) is 5.31. The number of rotatable bonds is 4. The summed E-state index contributed by atoms with van der Waals surface area (Å²) >= 11 is 0. The third kappa shape index (κ3) is 6.33. The highest BCUT2D eigenvalue weighted by molar-refractivity contribution is 6.11. The molecule has 0 saturated heterocycles. The van der Waals surface area contributed by atoms with Crippen LogP contribution in [0.4, 0.5) is 58.7 Å². The molecule has 4 aromatic rings. The van der Waals surface area contributed by atoms with Gasteiger partial charge in [0, 0.05) is 22.1 Å². The monoisotopic (exact) mass is 532 g/mol. The first kappa shape index (κ1) is 26.3. The van der Waals surface area contributed by atoms with Crippen molar-refractivity contribution >= 4 is 45.6 Å². The Morgan fingerprint density at radius 3 is 1.24 bits per heavy atom. The van der Waals surface area contributed by atoms with Gasteiger partial charge in [-0.2, -0.15) is 26.3 Å². The minimum Gasteiger partial charge on any atom is -0.308 e. The first-order valence-corrected chi connectivity index (χ1v) is 10.9. The number of carbonyl (C=O) groups is 2. The zero-order valence-electron chi connectivity index (χ0n) is 19.2. The molecule has 0 aliphatic carbocycles. The number of fused-ring (bicyclic) bond motifs is 1. The number of hydrogen-bond acceptors (Lipinski definition) is 2. The van der Waals surface area contributed by atoms with E-state index in [0.29, 0.717) is 22.1 Å². The quantitative estimate of drug-likeness (QED) is 0.200. The lowest BCUT2D eigenvalue weighted by atomic mass is 10.1. The van der Waals surface area contributed by atoms with Crippen LogP contribution in [0, 0.1) is 0 Å². The lowest BCUT2D eigenvalue weighted by molar-refractivity contribution is -0.138. The van der Waals surface area contributed by atoms with Crippen molar-refractivity contribution in [3.05, 3.63) is 96.1 Å². The van der Waals surface area contributed by atoms with E-state index in [4.69, 9.17) is 0 Å². The average molecular weight is 532 g/mol. The number of benzene rings is 4. The van der Waals surface area contributed by atoms with Gasteiger partial charge in [0.2, 0.25) is 0 Å². The van der Waals surface area contributed by atoms with E-state index < -0.39 is 35.5 Å². The molecule has 0 aliphatic heterocycles. The molecule has 0 bridgehead atoms. The molecule has 0 fully saturated rings. The molecule has 196 valence electrons. The summed E-state index contributed by atoms with van der Waals surface area (Å²) in [4.78, 5) is 25.0. The van der Waals surface area contributed by atoms with Crippen LogP contribution in [0.1, 0.15) is 11.1 Å². The Bertz CT molecular complexity index is 1390. The first-order chi connectivity index (χ1) is 17.9. The van der Waals surface area contributed by atoms with E-state index in [1.165, 1.54) is 24.3 Å². The molecule has 12 heteroatoms. The predicted octanol–water partition coefficient (Wildman–Crippen LogP) is 8.17. The molecule has 4 rings (SSSR count). The van der Waals surface area contributed by atoms with Gasteiger partial charge in [0.25, 0.3) is 0 Å². The Balaban J connectivity index is 1.49. The Kier molecular flexibility index (Phi) is 7.15. The topological polar surface area (TPSA) is 82.3 Å². The number of hydrogen-bond donors (Lipinski definition) is 4. The maximum absolute atomic E-state index is 12.9. The van der Waals surface area contributed by atoms with E-state index in [1.54, 1.807) is 36.4 Å². The molecule has 0 spiro atoms. The van der Waals surface area contributed by atoms with E-state index in [0.717, 1.165) is 24.3 Å². The lowest BCUT2D eigenvalue weighted by Crippen LogP contribution is -2.21. The summed E-state index contributed by atoms with van der Waals surface area (Å²) in [6, 6.07) is 16.3. The smallest absolute Gasteiger partial charge is 0.308 e. The van der Waals surface area contributed by atoms with Crippen molar-refractivity contribution in [1.29, 1.82) is 0 Å². The molecule has 0 aliphatic rings. The van der Waals surface area contributed by atoms with E-state index in [2.05, 4.69) is 21.3 Å². The summed E-state index contributed by atoms with van der Waals surface area (Å²) in [5.74, 6) is 0. The second kappa shape index (κ2) is 10.3. The highest BCUT2D eigenvalue weighted by atomic mass is 19.4. The minimum absolute atomic E-state index is 0.0637. The largest absolute Gasteiger partial charge is 0.416 e. The molecule has 4 aromatic carbocycles. The predicted molar refractivity (Wildman–Crippen MR) is 132 cm³/mol. The number of carbonyl (C=O) groups excluding carboxylic acids is 2. The standard InChI is InChI=1S/C26H18F6N4O2/c27-25(28,29)15-5-1-7-17(13-15)33-23(37)35-21-11-3-10-20-19(21)9-4-12-22(20)36-24(38)34-18-8-2-6-16(14-18)26(30,31)32/h1-14H,(H2,33,35,37)(H2,34,36,38). The molecule has 0 unspecified atom stereocenters. The number of anilines is 4. The molecular weight excluding hydrogens is 514 g/mol. The Labute approximate surface area is 211 Å². The average Bonchev–Trinajstić information content (AvgIpc) is 2.84. The van der Waals surface area contributed by atoms with E-state index in [-0.39, 0.29) is 11.4 Å². The molecule has 0 aromatic heterocycles. The fourth-order valence-electron chi connectivity index (χ4n) is 3.64. The van der Waals surface area contributed by atoms with Crippen molar-refractivity contribution in [2.75, 3.05) is 21.3 Å². The summed E-state index contributed by atoms with van der Waals surface area (Å²) in [7, 11) is 0. The fourth-order valence-corrected chi connectivity index (χ4v) is 3.64. The highest BCUT2D eigenvalue weighted by Crippen LogP contribution is 2.33. The van der Waals surface area contributed by atoms with Gasteiger partial charge in [-0.25, -0.2) is 9.59 Å². The molecule has 0 saturated carbocycles. The molecule has 0 atom stereocenters. The van der Waals surface area contributed by atoms with Crippen LogP contribution in [0.3, 0.4) is 0 Å². The summed E-state index contributed by atoms with van der Waals surface area (Å²) in [6.45, 7) is 0. The number of halogens is 6. The van der Waals surface area contributed by atoms with Gasteiger partial charge in [-0.05, 0) is 48.5 Å². The van der Waals surface area contributed by atoms with Crippen LogP contribution >= 0.6 is 0 Å². The van der Waals surface area contributed by atoms with Crippen molar-refractivity contribution in [2.45, 2.75) is 12.4 Å². The van der Waals surface area contributed by atoms with Gasteiger partial charge < -0.3 is 21.3 Å². The number of alkyl halides is 6. The molecular formula is C26H18F6N4O2. The van der Waals surface area contributed by atoms with Gasteiger partial charge in [-0.1, -0.05) is 36.4 Å². The van der Waals surface area contributed by atoms with Gasteiger partial charge >= 0.3 is 24.4 Å². The van der Waals surface area contributed by atoms with Crippen molar-refractivity contribution in [3.8, 4) is 0 Å². The van der Waals surface area contributed by atoms with Gasteiger partial charge in [0.1, 0.15) is 0 Å². The van der Waals surface area contributed by atoms with Crippen LogP contribution in [-0.2, 0) is 12.4 Å². The Morgan fingerprint density at radius 1 is 0.500 bits per heavy atom. The van der Waals surface area contributed by atoms with Gasteiger partial charge in [-0.15, -0.1) is 0 Å². The summed E-state index contributed by atoms with van der Waals surface area (Å²) in [5.41, 5.74) is -1.36. The molecule has 38 heavy (non-hydrogen) atoms. The van der Waals surface area contributed by atoms with Gasteiger partial charge in [-0.3, -0.25) is 0 Å². The van der Waals surface area contributed by atoms with Gasteiger partial charge in [0.05, 0.1) is 22.5 Å². The van der Waals surface area contributed by atoms with Crippen LogP contribution in [0.2, 0.25) is 0 Å². The second-order valence-corrected chi connectivity index (χ2v) is 8.02. The number of urea groups is 2. The first-order valence-electron chi connectivity index (χ1n) is 10.9. The van der Waals surface area contributed by atoms with Crippen LogP contribution in [0.25, 0.3) is 10.8 Å². The molecule has 0 heterocycles. The van der Waals surface area contributed by atoms with Crippen molar-refractivity contribution in [1.82, 2.24) is 0 Å². The molecule has 4 N–H and O–H groups in total. The van der Waals surface area contributed by atoms with Crippen molar-refractivity contribution in [2.24, 2.45) is 0 Å². The van der Waals surface area contributed by atoms with Crippen molar-refractivity contribution < 1.29 is 35.9 Å². The fraction of sp³-hybridized carbons (Fsp3) is 0.0769. The maximum atomic E-state index is 12.9. The number of nitrogens with one attached hydrogen (secondary N) is 4. The normalized spacial score (nSPS) is 11.6. The Hall–Kier alpha value is -4.74. The van der Waals surface area contributed by atoms with E-state index in [9.17, 15) is 35.9 Å². The van der Waals surface area contributed by atoms with Crippen LogP contribution in [-0.4, -0.2) is 12.1 Å². The summed E-state index contributed by atoms with van der Waals surface area (Å²) in [5, 5.41) is 10.8. The lowest BCUT2D eigenvalue weighted by Gasteiger charge is -2.14. The second-order valence-electron chi connectivity index (χ2n) is 8.02. The zero-order chi connectivity index (χ0) is 27.5. The molecule has 4 amide bonds. The third-order valence-electron chi connectivity index (χ3n) is 5.31. The van der Waals surface area contributed by atoms with Crippen LogP contribution in [0.5, 0.6) is 0 Å². The van der Waals surface area contributed by atoms with Crippen LogP contribution in [0.15, 0.2) is 84.9 Å². The summed E-state index contributed by atoms with van der Waals surface area (Å²) in [6.07, 6.45) is -9.14. The Morgan fingerprint density at radius 2 is 0.868 bits per heavy atom. The summed E-state index contributed by atoms with van der Waals surface area (Å²) < 4.78 is 77.6. The highest BCUT2D eigenvalue weighted by Gasteiger charge is 2.31. The van der Waals surface area contributed by atoms with E-state index in [1.807, 2.05) is 0 Å². The van der Waals surface area contributed by atoms with E-state index >= 15 is 0 Å².